The van der Waals surface area contributed by atoms with Crippen molar-refractivity contribution in [1.82, 2.24) is 15.0 Å². The summed E-state index contributed by atoms with van der Waals surface area (Å²) in [7, 11) is 0. The monoisotopic (exact) mass is 246 g/mol. The zero-order chi connectivity index (χ0) is 13.1. The number of hydrogen-bond donors (Lipinski definition) is 2. The zero-order valence-electron chi connectivity index (χ0n) is 9.95. The molecule has 0 saturated heterocycles. The van der Waals surface area contributed by atoms with E-state index in [1.807, 2.05) is 31.2 Å². The second-order valence-corrected chi connectivity index (χ2v) is 4.09. The van der Waals surface area contributed by atoms with Gasteiger partial charge in [0.25, 0.3) is 0 Å². The molecule has 0 amide bonds. The first-order valence-corrected chi connectivity index (χ1v) is 5.53. The van der Waals surface area contributed by atoms with Crippen molar-refractivity contribution in [3.8, 4) is 5.69 Å². The summed E-state index contributed by atoms with van der Waals surface area (Å²) < 4.78 is 0. The number of rotatable bonds is 4. The molecule has 6 heteroatoms. The van der Waals surface area contributed by atoms with E-state index in [9.17, 15) is 4.79 Å². The van der Waals surface area contributed by atoms with E-state index in [2.05, 4.69) is 10.2 Å². The van der Waals surface area contributed by atoms with Crippen LogP contribution in [0.15, 0.2) is 30.5 Å². The lowest BCUT2D eigenvalue weighted by molar-refractivity contribution is -0.138. The molecule has 3 N–H and O–H groups in total. The van der Waals surface area contributed by atoms with Crippen LogP contribution in [0.2, 0.25) is 0 Å². The van der Waals surface area contributed by atoms with Crippen LogP contribution in [0.3, 0.4) is 0 Å². The fourth-order valence-corrected chi connectivity index (χ4v) is 1.57. The van der Waals surface area contributed by atoms with Gasteiger partial charge in [0.1, 0.15) is 6.04 Å². The van der Waals surface area contributed by atoms with Gasteiger partial charge in [0.05, 0.1) is 17.6 Å². The topological polar surface area (TPSA) is 94.0 Å². The molecule has 1 aromatic heterocycles. The maximum Gasteiger partial charge on any atom is 0.320 e. The molecule has 0 spiro atoms. The number of nitrogens with two attached hydrogens (primary N) is 1. The number of nitrogens with zero attached hydrogens (tertiary/aromatic N) is 3. The molecule has 0 aliphatic rings. The summed E-state index contributed by atoms with van der Waals surface area (Å²) in [5.41, 5.74) is 8.01. The van der Waals surface area contributed by atoms with E-state index in [1.54, 1.807) is 6.20 Å². The smallest absolute Gasteiger partial charge is 0.320 e. The highest BCUT2D eigenvalue weighted by Crippen LogP contribution is 2.09. The number of hydrogen-bond acceptors (Lipinski definition) is 4. The van der Waals surface area contributed by atoms with Crippen LogP contribution in [0.5, 0.6) is 0 Å². The van der Waals surface area contributed by atoms with Crippen molar-refractivity contribution in [2.24, 2.45) is 5.73 Å². The van der Waals surface area contributed by atoms with E-state index < -0.39 is 12.0 Å². The minimum Gasteiger partial charge on any atom is -0.480 e. The minimum atomic E-state index is -0.997. The largest absolute Gasteiger partial charge is 0.480 e. The number of benzene rings is 1. The van der Waals surface area contributed by atoms with Crippen molar-refractivity contribution in [3.63, 3.8) is 0 Å². The van der Waals surface area contributed by atoms with Gasteiger partial charge in [-0.1, -0.05) is 12.1 Å². The summed E-state index contributed by atoms with van der Waals surface area (Å²) in [5, 5.41) is 17.0. The van der Waals surface area contributed by atoms with E-state index in [0.717, 1.165) is 16.9 Å². The Kier molecular flexibility index (Phi) is 3.38. The molecule has 0 radical (unpaired) electrons. The Hall–Kier alpha value is -2.21. The van der Waals surface area contributed by atoms with Gasteiger partial charge in [0, 0.05) is 0 Å². The average molecular weight is 246 g/mol. The summed E-state index contributed by atoms with van der Waals surface area (Å²) in [5.74, 6) is -0.997. The number of aryl methyl sites for hydroxylation is 1. The van der Waals surface area contributed by atoms with Gasteiger partial charge in [0.2, 0.25) is 0 Å². The second kappa shape index (κ2) is 4.97. The summed E-state index contributed by atoms with van der Waals surface area (Å²) >= 11 is 0. The summed E-state index contributed by atoms with van der Waals surface area (Å²) in [4.78, 5) is 12.2. The third kappa shape index (κ3) is 2.72. The van der Waals surface area contributed by atoms with E-state index in [0.29, 0.717) is 6.42 Å². The molecule has 1 atom stereocenters. The van der Waals surface area contributed by atoms with Crippen LogP contribution < -0.4 is 5.73 Å². The van der Waals surface area contributed by atoms with Gasteiger partial charge < -0.3 is 10.8 Å². The van der Waals surface area contributed by atoms with Crippen LogP contribution in [-0.4, -0.2) is 32.1 Å². The van der Waals surface area contributed by atoms with Gasteiger partial charge in [-0.05, 0) is 31.0 Å². The molecular weight excluding hydrogens is 232 g/mol. The van der Waals surface area contributed by atoms with Crippen LogP contribution in [0.1, 0.15) is 11.3 Å². The normalized spacial score (nSPS) is 12.3. The van der Waals surface area contributed by atoms with Gasteiger partial charge >= 0.3 is 5.97 Å². The van der Waals surface area contributed by atoms with Crippen molar-refractivity contribution < 1.29 is 9.90 Å². The molecule has 0 bridgehead atoms. The maximum absolute atomic E-state index is 10.6. The van der Waals surface area contributed by atoms with E-state index >= 15 is 0 Å². The lowest BCUT2D eigenvalue weighted by Crippen LogP contribution is -2.32. The van der Waals surface area contributed by atoms with E-state index in [4.69, 9.17) is 10.8 Å². The molecule has 18 heavy (non-hydrogen) atoms. The standard InChI is InChI=1S/C12H14N4O2/c1-8-7-14-16(15-8)10-4-2-9(3-5-10)6-11(13)12(17)18/h2-5,7,11H,6,13H2,1H3,(H,17,18). The van der Waals surface area contributed by atoms with Crippen LogP contribution in [0.25, 0.3) is 5.69 Å². The number of carboxylic acids is 1. The van der Waals surface area contributed by atoms with Crippen LogP contribution >= 0.6 is 0 Å². The molecule has 2 aromatic rings. The third-order valence-electron chi connectivity index (χ3n) is 2.55. The molecule has 0 fully saturated rings. The van der Waals surface area contributed by atoms with Crippen molar-refractivity contribution in [2.75, 3.05) is 0 Å². The highest BCUT2D eigenvalue weighted by atomic mass is 16.4. The Morgan fingerprint density at radius 3 is 2.61 bits per heavy atom. The predicted molar refractivity (Wildman–Crippen MR) is 65.4 cm³/mol. The van der Waals surface area contributed by atoms with E-state index in [1.165, 1.54) is 4.80 Å². The highest BCUT2D eigenvalue weighted by molar-refractivity contribution is 5.73. The van der Waals surface area contributed by atoms with Crippen molar-refractivity contribution in [2.45, 2.75) is 19.4 Å². The SMILES string of the molecule is Cc1cnn(-c2ccc(CC(N)C(=O)O)cc2)n1. The van der Waals surface area contributed by atoms with Crippen LogP contribution in [-0.2, 0) is 11.2 Å². The average Bonchev–Trinajstić information content (AvgIpc) is 2.76. The first-order valence-electron chi connectivity index (χ1n) is 5.53. The Balaban J connectivity index is 2.13. The molecule has 6 nitrogen and oxygen atoms in total. The van der Waals surface area contributed by atoms with Gasteiger partial charge in [-0.3, -0.25) is 4.79 Å². The lowest BCUT2D eigenvalue weighted by atomic mass is 10.1. The van der Waals surface area contributed by atoms with Gasteiger partial charge in [-0.25, -0.2) is 0 Å². The Morgan fingerprint density at radius 2 is 2.11 bits per heavy atom. The van der Waals surface area contributed by atoms with Gasteiger partial charge in [-0.2, -0.15) is 15.0 Å². The number of carboxylic acid groups (broad SMARTS) is 1. The zero-order valence-corrected chi connectivity index (χ0v) is 9.95. The Morgan fingerprint density at radius 1 is 1.44 bits per heavy atom. The summed E-state index contributed by atoms with van der Waals surface area (Å²) in [6, 6.07) is 6.46. The second-order valence-electron chi connectivity index (χ2n) is 4.09. The van der Waals surface area contributed by atoms with Gasteiger partial charge in [0.15, 0.2) is 0 Å². The Labute approximate surface area is 104 Å². The quantitative estimate of drug-likeness (QED) is 0.820. The summed E-state index contributed by atoms with van der Waals surface area (Å²) in [6.07, 6.45) is 1.98. The fourth-order valence-electron chi connectivity index (χ4n) is 1.57. The van der Waals surface area contributed by atoms with Crippen molar-refractivity contribution in [3.05, 3.63) is 41.7 Å². The predicted octanol–water partition coefficient (Wildman–Crippen LogP) is 0.530. The maximum atomic E-state index is 10.6. The lowest BCUT2D eigenvalue weighted by Gasteiger charge is -2.07. The molecule has 0 saturated carbocycles. The third-order valence-corrected chi connectivity index (χ3v) is 2.55. The molecule has 0 aliphatic carbocycles. The van der Waals surface area contributed by atoms with Crippen molar-refractivity contribution >= 4 is 5.97 Å². The molecule has 2 rings (SSSR count). The minimum absolute atomic E-state index is 0.307. The first kappa shape index (κ1) is 12.3. The highest BCUT2D eigenvalue weighted by Gasteiger charge is 2.11. The molecule has 0 aliphatic heterocycles. The molecular formula is C12H14N4O2. The first-order chi connectivity index (χ1) is 8.56. The van der Waals surface area contributed by atoms with Crippen LogP contribution in [0, 0.1) is 6.92 Å². The molecule has 94 valence electrons. The number of carbonyl (C=O) groups is 1. The van der Waals surface area contributed by atoms with Crippen LogP contribution in [0.4, 0.5) is 0 Å². The molecule has 1 aromatic carbocycles. The molecule has 1 unspecified atom stereocenters. The van der Waals surface area contributed by atoms with Gasteiger partial charge in [-0.15, -0.1) is 0 Å². The summed E-state index contributed by atoms with van der Waals surface area (Å²) in [6.45, 7) is 1.86. The molecule has 1 heterocycles. The van der Waals surface area contributed by atoms with E-state index in [-0.39, 0.29) is 0 Å². The van der Waals surface area contributed by atoms with Crippen molar-refractivity contribution in [1.29, 1.82) is 0 Å². The fraction of sp³-hybridized carbons (Fsp3) is 0.250. The number of aliphatic carboxylic acids is 1. The number of aromatic nitrogens is 3. The Bertz CT molecular complexity index is 547.